The van der Waals surface area contributed by atoms with Crippen molar-refractivity contribution in [3.8, 4) is 0 Å². The molecule has 0 saturated carbocycles. The summed E-state index contributed by atoms with van der Waals surface area (Å²) in [6.07, 6.45) is 4.28. The molecule has 64 valence electrons. The summed E-state index contributed by atoms with van der Waals surface area (Å²) in [5.41, 5.74) is 2.41. The van der Waals surface area contributed by atoms with Crippen LogP contribution in [0, 0.1) is 0 Å². The van der Waals surface area contributed by atoms with Gasteiger partial charge in [-0.15, -0.1) is 0 Å². The van der Waals surface area contributed by atoms with Crippen molar-refractivity contribution in [2.45, 2.75) is 0 Å². The van der Waals surface area contributed by atoms with E-state index in [1.165, 1.54) is 5.56 Å². The van der Waals surface area contributed by atoms with Crippen molar-refractivity contribution in [2.75, 3.05) is 16.8 Å². The smallest absolute Gasteiger partial charge is 0.0337 e. The maximum atomic E-state index is 3.08. The Kier molecular flexibility index (Phi) is 4.14. The standard InChI is InChI=1S/C10H12IN/c1-12-10-6-4-9(5-7-10)3-2-8-11/h2-7,12H,8H2,1H3/b3-2+. The van der Waals surface area contributed by atoms with Gasteiger partial charge in [0.05, 0.1) is 0 Å². The fourth-order valence-electron chi connectivity index (χ4n) is 0.942. The molecule has 0 aliphatic carbocycles. The second-order valence-electron chi connectivity index (χ2n) is 2.43. The molecule has 0 fully saturated rings. The Morgan fingerprint density at radius 3 is 2.50 bits per heavy atom. The Labute approximate surface area is 87.0 Å². The van der Waals surface area contributed by atoms with Gasteiger partial charge >= 0.3 is 0 Å². The predicted octanol–water partition coefficient (Wildman–Crippen LogP) is 3.18. The van der Waals surface area contributed by atoms with E-state index in [1.807, 2.05) is 7.05 Å². The van der Waals surface area contributed by atoms with Gasteiger partial charge in [-0.25, -0.2) is 0 Å². The van der Waals surface area contributed by atoms with Gasteiger partial charge in [-0.2, -0.15) is 0 Å². The first kappa shape index (κ1) is 9.58. The maximum Gasteiger partial charge on any atom is 0.0337 e. The number of allylic oxidation sites excluding steroid dienone is 1. The Morgan fingerprint density at radius 2 is 2.00 bits per heavy atom. The fraction of sp³-hybridized carbons (Fsp3) is 0.200. The average Bonchev–Trinajstić information content (AvgIpc) is 2.15. The Morgan fingerprint density at radius 1 is 1.33 bits per heavy atom. The normalized spacial score (nSPS) is 10.5. The van der Waals surface area contributed by atoms with Crippen LogP contribution in [0.3, 0.4) is 0 Å². The molecule has 0 saturated heterocycles. The Balaban J connectivity index is 2.71. The summed E-state index contributed by atoms with van der Waals surface area (Å²) in [6.45, 7) is 0. The Hall–Kier alpha value is -0.510. The molecule has 0 radical (unpaired) electrons. The third-order valence-electron chi connectivity index (χ3n) is 1.60. The van der Waals surface area contributed by atoms with Crippen molar-refractivity contribution in [1.29, 1.82) is 0 Å². The molecule has 2 heteroatoms. The van der Waals surface area contributed by atoms with Gasteiger partial charge in [-0.3, -0.25) is 0 Å². The van der Waals surface area contributed by atoms with E-state index in [2.05, 4.69) is 64.3 Å². The summed E-state index contributed by atoms with van der Waals surface area (Å²) in [4.78, 5) is 0. The highest BCUT2D eigenvalue weighted by Gasteiger charge is 1.87. The highest BCUT2D eigenvalue weighted by atomic mass is 127. The largest absolute Gasteiger partial charge is 0.388 e. The number of halogens is 1. The van der Waals surface area contributed by atoms with Gasteiger partial charge < -0.3 is 5.32 Å². The maximum absolute atomic E-state index is 3.08. The van der Waals surface area contributed by atoms with Crippen LogP contribution in [0.5, 0.6) is 0 Å². The van der Waals surface area contributed by atoms with E-state index >= 15 is 0 Å². The molecule has 0 bridgehead atoms. The molecule has 0 heterocycles. The third-order valence-corrected chi connectivity index (χ3v) is 2.11. The van der Waals surface area contributed by atoms with Gasteiger partial charge in [0.15, 0.2) is 0 Å². The minimum Gasteiger partial charge on any atom is -0.388 e. The minimum atomic E-state index is 1.06. The van der Waals surface area contributed by atoms with Crippen LogP contribution < -0.4 is 5.32 Å². The fourth-order valence-corrected chi connectivity index (χ4v) is 1.20. The van der Waals surface area contributed by atoms with E-state index in [1.54, 1.807) is 0 Å². The lowest BCUT2D eigenvalue weighted by atomic mass is 10.2. The molecule has 1 rings (SSSR count). The van der Waals surface area contributed by atoms with Crippen molar-refractivity contribution >= 4 is 34.4 Å². The van der Waals surface area contributed by atoms with Gasteiger partial charge in [0.25, 0.3) is 0 Å². The molecule has 1 nitrogen and oxygen atoms in total. The van der Waals surface area contributed by atoms with Crippen molar-refractivity contribution in [1.82, 2.24) is 0 Å². The molecule has 0 aliphatic heterocycles. The summed E-state index contributed by atoms with van der Waals surface area (Å²) >= 11 is 2.33. The highest BCUT2D eigenvalue weighted by Crippen LogP contribution is 2.09. The second-order valence-corrected chi connectivity index (χ2v) is 3.31. The van der Waals surface area contributed by atoms with Crippen LogP contribution in [0.15, 0.2) is 30.3 Å². The van der Waals surface area contributed by atoms with Crippen LogP contribution in [0.2, 0.25) is 0 Å². The van der Waals surface area contributed by atoms with Crippen LogP contribution in [0.25, 0.3) is 6.08 Å². The molecule has 1 aromatic carbocycles. The van der Waals surface area contributed by atoms with Crippen LogP contribution in [-0.2, 0) is 0 Å². The van der Waals surface area contributed by atoms with Gasteiger partial charge in [-0.1, -0.05) is 46.9 Å². The minimum absolute atomic E-state index is 1.06. The Bertz CT molecular complexity index is 251. The molecule has 0 atom stereocenters. The molecular formula is C10H12IN. The zero-order valence-electron chi connectivity index (χ0n) is 7.05. The SMILES string of the molecule is CNc1ccc(/C=C/CI)cc1. The molecule has 0 amide bonds. The monoisotopic (exact) mass is 273 g/mol. The van der Waals surface area contributed by atoms with E-state index in [0.717, 1.165) is 10.1 Å². The molecule has 12 heavy (non-hydrogen) atoms. The van der Waals surface area contributed by atoms with Crippen molar-refractivity contribution in [2.24, 2.45) is 0 Å². The first-order valence-corrected chi connectivity index (χ1v) is 5.39. The number of hydrogen-bond acceptors (Lipinski definition) is 1. The zero-order valence-corrected chi connectivity index (χ0v) is 9.21. The van der Waals surface area contributed by atoms with Crippen molar-refractivity contribution in [3.05, 3.63) is 35.9 Å². The number of alkyl halides is 1. The van der Waals surface area contributed by atoms with Crippen LogP contribution in [0.1, 0.15) is 5.56 Å². The van der Waals surface area contributed by atoms with Gasteiger partial charge in [0.2, 0.25) is 0 Å². The van der Waals surface area contributed by atoms with E-state index in [9.17, 15) is 0 Å². The lowest BCUT2D eigenvalue weighted by Crippen LogP contribution is -1.86. The van der Waals surface area contributed by atoms with Gasteiger partial charge in [0, 0.05) is 17.2 Å². The average molecular weight is 273 g/mol. The second kappa shape index (κ2) is 5.19. The molecule has 0 aliphatic rings. The number of anilines is 1. The number of benzene rings is 1. The highest BCUT2D eigenvalue weighted by molar-refractivity contribution is 14.1. The van der Waals surface area contributed by atoms with Crippen molar-refractivity contribution < 1.29 is 0 Å². The molecule has 0 spiro atoms. The lowest BCUT2D eigenvalue weighted by molar-refractivity contribution is 1.50. The van der Waals surface area contributed by atoms with Crippen LogP contribution in [0.4, 0.5) is 5.69 Å². The van der Waals surface area contributed by atoms with E-state index < -0.39 is 0 Å². The summed E-state index contributed by atoms with van der Waals surface area (Å²) < 4.78 is 1.06. The lowest BCUT2D eigenvalue weighted by Gasteiger charge is -1.98. The number of nitrogens with one attached hydrogen (secondary N) is 1. The van der Waals surface area contributed by atoms with Crippen LogP contribution >= 0.6 is 22.6 Å². The summed E-state index contributed by atoms with van der Waals surface area (Å²) in [6, 6.07) is 8.36. The summed E-state index contributed by atoms with van der Waals surface area (Å²) in [5.74, 6) is 0. The third kappa shape index (κ3) is 2.85. The molecule has 1 N–H and O–H groups in total. The van der Waals surface area contributed by atoms with E-state index in [-0.39, 0.29) is 0 Å². The first-order valence-electron chi connectivity index (χ1n) is 3.87. The summed E-state index contributed by atoms with van der Waals surface area (Å²) in [5, 5.41) is 3.08. The van der Waals surface area contributed by atoms with Crippen LogP contribution in [-0.4, -0.2) is 11.5 Å². The quantitative estimate of drug-likeness (QED) is 0.658. The van der Waals surface area contributed by atoms with Gasteiger partial charge in [0.1, 0.15) is 0 Å². The molecular weight excluding hydrogens is 261 g/mol. The molecule has 1 aromatic rings. The zero-order chi connectivity index (χ0) is 8.81. The first-order chi connectivity index (χ1) is 5.86. The number of rotatable bonds is 3. The molecule has 0 aromatic heterocycles. The predicted molar refractivity (Wildman–Crippen MR) is 63.9 cm³/mol. The molecule has 0 unspecified atom stereocenters. The summed E-state index contributed by atoms with van der Waals surface area (Å²) in [7, 11) is 1.93. The van der Waals surface area contributed by atoms with Crippen molar-refractivity contribution in [3.63, 3.8) is 0 Å². The van der Waals surface area contributed by atoms with E-state index in [4.69, 9.17) is 0 Å². The topological polar surface area (TPSA) is 12.0 Å². The number of hydrogen-bond donors (Lipinski definition) is 1. The van der Waals surface area contributed by atoms with Gasteiger partial charge in [-0.05, 0) is 17.7 Å². The van der Waals surface area contributed by atoms with E-state index in [0.29, 0.717) is 0 Å².